The number of pyridine rings is 1. The van der Waals surface area contributed by atoms with Gasteiger partial charge >= 0.3 is 0 Å². The van der Waals surface area contributed by atoms with Crippen molar-refractivity contribution in [2.24, 2.45) is 0 Å². The summed E-state index contributed by atoms with van der Waals surface area (Å²) in [7, 11) is -4.34. The van der Waals surface area contributed by atoms with Crippen LogP contribution in [0.3, 0.4) is 0 Å². The zero-order valence-corrected chi connectivity index (χ0v) is 12.0. The fraction of sp³-hybridized carbons (Fsp3) is 0. The van der Waals surface area contributed by atoms with E-state index >= 15 is 0 Å². The average molecular weight is 367 g/mol. The predicted molar refractivity (Wildman–Crippen MR) is 69.1 cm³/mol. The maximum atomic E-state index is 13.5. The second-order valence-corrected chi connectivity index (χ2v) is 6.29. The molecule has 0 aliphatic heterocycles. The molecule has 9 heteroatoms. The highest BCUT2D eigenvalue weighted by atomic mass is 79.9. The van der Waals surface area contributed by atoms with E-state index in [0.29, 0.717) is 6.07 Å². The molecular weight excluding hydrogens is 361 g/mol. The molecule has 0 saturated heterocycles. The van der Waals surface area contributed by atoms with Gasteiger partial charge in [0.2, 0.25) is 0 Å². The molecule has 1 heterocycles. The highest BCUT2D eigenvalue weighted by Crippen LogP contribution is 2.26. The summed E-state index contributed by atoms with van der Waals surface area (Å²) in [5, 5.41) is 0. The third-order valence-corrected chi connectivity index (χ3v) is 4.01. The Hall–Kier alpha value is -1.61. The summed E-state index contributed by atoms with van der Waals surface area (Å²) in [4.78, 5) is 2.82. The molecule has 0 unspecified atom stereocenters. The van der Waals surface area contributed by atoms with Crippen LogP contribution in [0.1, 0.15) is 0 Å². The van der Waals surface area contributed by atoms with Gasteiger partial charge in [0.1, 0.15) is 16.4 Å². The zero-order chi connectivity index (χ0) is 14.9. The minimum Gasteiger partial charge on any atom is -0.274 e. The van der Waals surface area contributed by atoms with Crippen LogP contribution in [0, 0.1) is 17.5 Å². The van der Waals surface area contributed by atoms with Crippen molar-refractivity contribution >= 4 is 31.6 Å². The summed E-state index contributed by atoms with van der Waals surface area (Å²) >= 11 is 2.86. The third-order valence-electron chi connectivity index (χ3n) is 2.23. The number of nitrogens with one attached hydrogen (secondary N) is 1. The van der Waals surface area contributed by atoms with Crippen LogP contribution in [-0.2, 0) is 10.0 Å². The lowest BCUT2D eigenvalue weighted by molar-refractivity contribution is 0.579. The molecule has 2 aromatic rings. The lowest BCUT2D eigenvalue weighted by Crippen LogP contribution is -2.15. The van der Waals surface area contributed by atoms with Crippen molar-refractivity contribution in [3.05, 3.63) is 52.5 Å². The number of benzene rings is 1. The van der Waals surface area contributed by atoms with E-state index in [1.54, 1.807) is 4.72 Å². The predicted octanol–water partition coefficient (Wildman–Crippen LogP) is 3.06. The topological polar surface area (TPSA) is 59.1 Å². The van der Waals surface area contributed by atoms with Crippen molar-refractivity contribution < 1.29 is 21.6 Å². The van der Waals surface area contributed by atoms with E-state index in [0.717, 1.165) is 24.5 Å². The summed E-state index contributed by atoms with van der Waals surface area (Å²) < 4.78 is 65.6. The van der Waals surface area contributed by atoms with Crippen LogP contribution in [0.4, 0.5) is 18.9 Å². The van der Waals surface area contributed by atoms with Crippen LogP contribution in [0.2, 0.25) is 0 Å². The molecule has 4 nitrogen and oxygen atoms in total. The fourth-order valence-electron chi connectivity index (χ4n) is 1.37. The standard InChI is InChI=1S/C11H6BrF3N2O2S/c12-6-1-9(14)11(10(15)2-6)17-20(18,19)8-3-7(13)4-16-5-8/h1-5,17H. The van der Waals surface area contributed by atoms with Gasteiger partial charge in [-0.2, -0.15) is 0 Å². The van der Waals surface area contributed by atoms with E-state index in [1.807, 2.05) is 0 Å². The zero-order valence-electron chi connectivity index (χ0n) is 9.57. The van der Waals surface area contributed by atoms with Gasteiger partial charge in [0, 0.05) is 10.7 Å². The molecular formula is C11H6BrF3N2O2S. The Balaban J connectivity index is 2.44. The molecule has 0 bridgehead atoms. The first-order valence-electron chi connectivity index (χ1n) is 5.07. The van der Waals surface area contributed by atoms with Crippen molar-refractivity contribution in [3.63, 3.8) is 0 Å². The maximum Gasteiger partial charge on any atom is 0.263 e. The van der Waals surface area contributed by atoms with Crippen molar-refractivity contribution in [3.8, 4) is 0 Å². The number of anilines is 1. The lowest BCUT2D eigenvalue weighted by atomic mass is 10.3. The molecule has 1 aromatic carbocycles. The minimum absolute atomic E-state index is 0.114. The monoisotopic (exact) mass is 366 g/mol. The molecule has 0 fully saturated rings. The summed E-state index contributed by atoms with van der Waals surface area (Å²) in [6, 6.07) is 2.47. The molecule has 0 spiro atoms. The van der Waals surface area contributed by atoms with Crippen LogP contribution in [-0.4, -0.2) is 13.4 Å². The largest absolute Gasteiger partial charge is 0.274 e. The Bertz CT molecular complexity index is 745. The Morgan fingerprint density at radius 3 is 2.20 bits per heavy atom. The first-order valence-corrected chi connectivity index (χ1v) is 7.35. The van der Waals surface area contributed by atoms with Crippen molar-refractivity contribution in [2.45, 2.75) is 4.90 Å². The van der Waals surface area contributed by atoms with Crippen molar-refractivity contribution in [2.75, 3.05) is 4.72 Å². The molecule has 106 valence electrons. The molecule has 0 amide bonds. The first kappa shape index (κ1) is 14.8. The fourth-order valence-corrected chi connectivity index (χ4v) is 2.82. The van der Waals surface area contributed by atoms with E-state index in [-0.39, 0.29) is 4.47 Å². The second-order valence-electron chi connectivity index (χ2n) is 3.69. The van der Waals surface area contributed by atoms with Gasteiger partial charge < -0.3 is 0 Å². The third kappa shape index (κ3) is 3.10. The molecule has 1 aromatic heterocycles. The number of rotatable bonds is 3. The summed E-state index contributed by atoms with van der Waals surface area (Å²) in [5.74, 6) is -3.10. The van der Waals surface area contributed by atoms with Crippen LogP contribution in [0.15, 0.2) is 40.0 Å². The molecule has 2 rings (SSSR count). The quantitative estimate of drug-likeness (QED) is 0.907. The van der Waals surface area contributed by atoms with Gasteiger partial charge in [-0.1, -0.05) is 15.9 Å². The average Bonchev–Trinajstić information content (AvgIpc) is 2.34. The van der Waals surface area contributed by atoms with Gasteiger partial charge in [-0.05, 0) is 18.2 Å². The molecule has 0 aliphatic rings. The maximum absolute atomic E-state index is 13.5. The highest BCUT2D eigenvalue weighted by molar-refractivity contribution is 9.10. The summed E-state index contributed by atoms with van der Waals surface area (Å²) in [5.41, 5.74) is -0.850. The Morgan fingerprint density at radius 1 is 1.05 bits per heavy atom. The second kappa shape index (κ2) is 5.41. The van der Waals surface area contributed by atoms with Crippen molar-refractivity contribution in [1.29, 1.82) is 0 Å². The summed E-state index contributed by atoms with van der Waals surface area (Å²) in [6.45, 7) is 0. The molecule has 1 N–H and O–H groups in total. The molecule has 0 aliphatic carbocycles. The van der Waals surface area contributed by atoms with Gasteiger partial charge in [-0.25, -0.2) is 21.6 Å². The molecule has 0 radical (unpaired) electrons. The van der Waals surface area contributed by atoms with Crippen LogP contribution in [0.5, 0.6) is 0 Å². The van der Waals surface area contributed by atoms with Crippen LogP contribution >= 0.6 is 15.9 Å². The van der Waals surface area contributed by atoms with E-state index in [9.17, 15) is 21.6 Å². The number of hydrogen-bond donors (Lipinski definition) is 1. The molecule has 0 saturated carbocycles. The highest BCUT2D eigenvalue weighted by Gasteiger charge is 2.20. The van der Waals surface area contributed by atoms with Gasteiger partial charge in [0.05, 0.1) is 6.20 Å². The molecule has 0 atom stereocenters. The number of halogens is 4. The minimum atomic E-state index is -4.34. The van der Waals surface area contributed by atoms with Crippen LogP contribution in [0.25, 0.3) is 0 Å². The first-order chi connectivity index (χ1) is 9.29. The van der Waals surface area contributed by atoms with Gasteiger partial charge in [-0.3, -0.25) is 9.71 Å². The number of hydrogen-bond acceptors (Lipinski definition) is 3. The van der Waals surface area contributed by atoms with E-state index < -0.39 is 38.1 Å². The summed E-state index contributed by atoms with van der Waals surface area (Å²) in [6.07, 6.45) is 1.67. The normalized spacial score (nSPS) is 11.4. The van der Waals surface area contributed by atoms with E-state index in [4.69, 9.17) is 0 Å². The number of nitrogens with zero attached hydrogens (tertiary/aromatic N) is 1. The van der Waals surface area contributed by atoms with Gasteiger partial charge in [-0.15, -0.1) is 0 Å². The number of sulfonamides is 1. The van der Waals surface area contributed by atoms with Gasteiger partial charge in [0.15, 0.2) is 11.6 Å². The Labute approximate surface area is 120 Å². The van der Waals surface area contributed by atoms with E-state index in [2.05, 4.69) is 20.9 Å². The van der Waals surface area contributed by atoms with Crippen molar-refractivity contribution in [1.82, 2.24) is 4.98 Å². The van der Waals surface area contributed by atoms with Gasteiger partial charge in [0.25, 0.3) is 10.0 Å². The SMILES string of the molecule is O=S(=O)(Nc1c(F)cc(Br)cc1F)c1cncc(F)c1. The Morgan fingerprint density at radius 2 is 1.65 bits per heavy atom. The Kier molecular flexibility index (Phi) is 4.00. The number of aromatic nitrogens is 1. The molecule has 20 heavy (non-hydrogen) atoms. The smallest absolute Gasteiger partial charge is 0.263 e. The van der Waals surface area contributed by atoms with E-state index in [1.165, 1.54) is 0 Å². The lowest BCUT2D eigenvalue weighted by Gasteiger charge is -2.10. The van der Waals surface area contributed by atoms with Crippen LogP contribution < -0.4 is 4.72 Å².